The molecule has 2 aromatic rings. The second kappa shape index (κ2) is 5.47. The Morgan fingerprint density at radius 1 is 1.00 bits per heavy atom. The quantitative estimate of drug-likeness (QED) is 0.906. The molecule has 0 bridgehead atoms. The molecule has 1 amide bonds. The van der Waals surface area contributed by atoms with Crippen LogP contribution in [0.5, 0.6) is 0 Å². The van der Waals surface area contributed by atoms with Gasteiger partial charge in [0.25, 0.3) is 0 Å². The Morgan fingerprint density at radius 3 is 2.50 bits per heavy atom. The summed E-state index contributed by atoms with van der Waals surface area (Å²) in [4.78, 5) is 14.4. The number of hydrogen-bond donors (Lipinski definition) is 1. The molecular weight excluding hydrogens is 248 g/mol. The smallest absolute Gasteiger partial charge is 0.245 e. The van der Waals surface area contributed by atoms with Gasteiger partial charge in [0, 0.05) is 6.54 Å². The van der Waals surface area contributed by atoms with E-state index >= 15 is 0 Å². The summed E-state index contributed by atoms with van der Waals surface area (Å²) in [6.45, 7) is 3.21. The Labute approximate surface area is 119 Å². The molecule has 0 saturated heterocycles. The van der Waals surface area contributed by atoms with E-state index in [0.29, 0.717) is 6.54 Å². The maximum Gasteiger partial charge on any atom is 0.245 e. The van der Waals surface area contributed by atoms with Crippen LogP contribution < -0.4 is 10.2 Å². The molecule has 3 rings (SSSR count). The third-order valence-electron chi connectivity index (χ3n) is 3.69. The van der Waals surface area contributed by atoms with Gasteiger partial charge in [-0.15, -0.1) is 0 Å². The normalized spacial score (nSPS) is 14.8. The largest absolute Gasteiger partial charge is 0.304 e. The predicted molar refractivity (Wildman–Crippen MR) is 81.1 cm³/mol. The second-order valence-electron chi connectivity index (χ2n) is 4.94. The van der Waals surface area contributed by atoms with Crippen LogP contribution in [0.15, 0.2) is 48.5 Å². The lowest BCUT2D eigenvalue weighted by Crippen LogP contribution is -2.32. The highest BCUT2D eigenvalue weighted by Crippen LogP contribution is 2.32. The Hall–Kier alpha value is -2.13. The van der Waals surface area contributed by atoms with E-state index in [4.69, 9.17) is 0 Å². The van der Waals surface area contributed by atoms with Crippen molar-refractivity contribution in [2.75, 3.05) is 11.4 Å². The van der Waals surface area contributed by atoms with Crippen molar-refractivity contribution in [1.29, 1.82) is 0 Å². The summed E-state index contributed by atoms with van der Waals surface area (Å²) in [5.74, 6) is 0.0934. The molecule has 0 atom stereocenters. The number of fused-ring (bicyclic) bond motifs is 1. The van der Waals surface area contributed by atoms with Gasteiger partial charge in [0.2, 0.25) is 5.91 Å². The maximum absolute atomic E-state index is 12.5. The molecule has 0 unspecified atom stereocenters. The summed E-state index contributed by atoms with van der Waals surface area (Å²) in [5, 5.41) is 3.20. The number of amides is 1. The molecule has 3 nitrogen and oxygen atoms in total. The van der Waals surface area contributed by atoms with E-state index in [1.165, 1.54) is 5.56 Å². The standard InChI is InChI=1S/C17H18N2O/c1-2-13-7-3-5-9-15(13)19-16-10-6-4-8-14(16)11-18-12-17(19)20/h3-10,18H,2,11-12H2,1H3. The van der Waals surface area contributed by atoms with E-state index < -0.39 is 0 Å². The summed E-state index contributed by atoms with van der Waals surface area (Å²) in [6, 6.07) is 16.2. The maximum atomic E-state index is 12.5. The number of nitrogens with one attached hydrogen (secondary N) is 1. The summed E-state index contributed by atoms with van der Waals surface area (Å²) in [7, 11) is 0. The number of hydrogen-bond acceptors (Lipinski definition) is 2. The lowest BCUT2D eigenvalue weighted by Gasteiger charge is -2.25. The van der Waals surface area contributed by atoms with Gasteiger partial charge >= 0.3 is 0 Å². The Morgan fingerprint density at radius 2 is 1.70 bits per heavy atom. The Balaban J connectivity index is 2.17. The van der Waals surface area contributed by atoms with Crippen LogP contribution in [0.2, 0.25) is 0 Å². The van der Waals surface area contributed by atoms with E-state index in [1.54, 1.807) is 0 Å². The molecule has 1 heterocycles. The van der Waals surface area contributed by atoms with E-state index in [1.807, 2.05) is 41.3 Å². The van der Waals surface area contributed by atoms with Crippen molar-refractivity contribution in [2.24, 2.45) is 0 Å². The minimum absolute atomic E-state index is 0.0934. The lowest BCUT2D eigenvalue weighted by molar-refractivity contribution is -0.117. The van der Waals surface area contributed by atoms with Crippen molar-refractivity contribution in [1.82, 2.24) is 5.32 Å². The highest BCUT2D eigenvalue weighted by molar-refractivity contribution is 6.03. The van der Waals surface area contributed by atoms with Crippen LogP contribution in [0, 0.1) is 0 Å². The highest BCUT2D eigenvalue weighted by atomic mass is 16.2. The van der Waals surface area contributed by atoms with Crippen molar-refractivity contribution < 1.29 is 4.79 Å². The second-order valence-corrected chi connectivity index (χ2v) is 4.94. The fourth-order valence-electron chi connectivity index (χ4n) is 2.69. The molecule has 1 N–H and O–H groups in total. The number of anilines is 2. The zero-order valence-electron chi connectivity index (χ0n) is 11.6. The fourth-order valence-corrected chi connectivity index (χ4v) is 2.69. The zero-order valence-corrected chi connectivity index (χ0v) is 11.6. The average molecular weight is 266 g/mol. The van der Waals surface area contributed by atoms with E-state index in [0.717, 1.165) is 29.9 Å². The van der Waals surface area contributed by atoms with Gasteiger partial charge in [0.05, 0.1) is 17.9 Å². The van der Waals surface area contributed by atoms with Crippen LogP contribution in [0.3, 0.4) is 0 Å². The fraction of sp³-hybridized carbons (Fsp3) is 0.235. The number of benzene rings is 2. The van der Waals surface area contributed by atoms with E-state index in [2.05, 4.69) is 24.4 Å². The first-order valence-electron chi connectivity index (χ1n) is 7.00. The van der Waals surface area contributed by atoms with Crippen LogP contribution in [-0.4, -0.2) is 12.5 Å². The first kappa shape index (κ1) is 12.9. The van der Waals surface area contributed by atoms with E-state index in [-0.39, 0.29) is 5.91 Å². The third-order valence-corrected chi connectivity index (χ3v) is 3.69. The molecule has 0 saturated carbocycles. The molecular formula is C17H18N2O. The molecule has 0 radical (unpaired) electrons. The van der Waals surface area contributed by atoms with Gasteiger partial charge in [0.15, 0.2) is 0 Å². The molecule has 0 spiro atoms. The van der Waals surface area contributed by atoms with Crippen LogP contribution in [0.25, 0.3) is 0 Å². The number of para-hydroxylation sites is 2. The zero-order chi connectivity index (χ0) is 13.9. The summed E-state index contributed by atoms with van der Waals surface area (Å²) >= 11 is 0. The minimum atomic E-state index is 0.0934. The molecule has 102 valence electrons. The topological polar surface area (TPSA) is 32.3 Å². The minimum Gasteiger partial charge on any atom is -0.304 e. The predicted octanol–water partition coefficient (Wildman–Crippen LogP) is 3.02. The van der Waals surface area contributed by atoms with Gasteiger partial charge in [-0.25, -0.2) is 0 Å². The summed E-state index contributed by atoms with van der Waals surface area (Å²) in [5.41, 5.74) is 4.33. The SMILES string of the molecule is CCc1ccccc1N1C(=O)CNCc2ccccc21. The van der Waals surface area contributed by atoms with Crippen molar-refractivity contribution in [3.05, 3.63) is 59.7 Å². The lowest BCUT2D eigenvalue weighted by atomic mass is 10.1. The molecule has 2 aromatic carbocycles. The van der Waals surface area contributed by atoms with Crippen LogP contribution in [0.1, 0.15) is 18.1 Å². The van der Waals surface area contributed by atoms with Crippen LogP contribution in [-0.2, 0) is 17.8 Å². The Bertz CT molecular complexity index is 636. The highest BCUT2D eigenvalue weighted by Gasteiger charge is 2.24. The molecule has 20 heavy (non-hydrogen) atoms. The molecule has 1 aliphatic rings. The van der Waals surface area contributed by atoms with Gasteiger partial charge in [-0.2, -0.15) is 0 Å². The van der Waals surface area contributed by atoms with Crippen molar-refractivity contribution in [2.45, 2.75) is 19.9 Å². The Kier molecular flexibility index (Phi) is 3.52. The summed E-state index contributed by atoms with van der Waals surface area (Å²) in [6.07, 6.45) is 0.912. The van der Waals surface area contributed by atoms with Gasteiger partial charge in [0.1, 0.15) is 0 Å². The molecule has 1 aliphatic heterocycles. The first-order valence-corrected chi connectivity index (χ1v) is 7.00. The number of carbonyl (C=O) groups excluding carboxylic acids is 1. The molecule has 3 heteroatoms. The molecule has 0 aliphatic carbocycles. The van der Waals surface area contributed by atoms with Crippen molar-refractivity contribution in [3.63, 3.8) is 0 Å². The number of aryl methyl sites for hydroxylation is 1. The number of rotatable bonds is 2. The third kappa shape index (κ3) is 2.21. The average Bonchev–Trinajstić information content (AvgIpc) is 2.65. The van der Waals surface area contributed by atoms with Gasteiger partial charge < -0.3 is 5.32 Å². The first-order chi connectivity index (χ1) is 9.81. The monoisotopic (exact) mass is 266 g/mol. The van der Waals surface area contributed by atoms with Crippen molar-refractivity contribution in [3.8, 4) is 0 Å². The van der Waals surface area contributed by atoms with Gasteiger partial charge in [-0.1, -0.05) is 43.3 Å². The number of carbonyl (C=O) groups is 1. The molecule has 0 aromatic heterocycles. The summed E-state index contributed by atoms with van der Waals surface area (Å²) < 4.78 is 0. The van der Waals surface area contributed by atoms with Crippen molar-refractivity contribution >= 4 is 17.3 Å². The van der Waals surface area contributed by atoms with Gasteiger partial charge in [-0.05, 0) is 29.7 Å². The van der Waals surface area contributed by atoms with Crippen LogP contribution >= 0.6 is 0 Å². The van der Waals surface area contributed by atoms with E-state index in [9.17, 15) is 4.79 Å². The van der Waals surface area contributed by atoms with Crippen LogP contribution in [0.4, 0.5) is 11.4 Å². The van der Waals surface area contributed by atoms with Gasteiger partial charge in [-0.3, -0.25) is 9.69 Å². The number of nitrogens with zero attached hydrogens (tertiary/aromatic N) is 1. The molecule has 0 fully saturated rings.